The van der Waals surface area contributed by atoms with Crippen LogP contribution in [0, 0.1) is 0 Å². The second-order valence-corrected chi connectivity index (χ2v) is 5.42. The number of rotatable bonds is 2. The van der Waals surface area contributed by atoms with E-state index in [0.29, 0.717) is 10.0 Å². The smallest absolute Gasteiger partial charge is 0.123 e. The van der Waals surface area contributed by atoms with E-state index in [-0.39, 0.29) is 12.1 Å². The molecule has 3 rings (SSSR count). The van der Waals surface area contributed by atoms with Gasteiger partial charge >= 0.3 is 0 Å². The lowest BCUT2D eigenvalue weighted by atomic mass is 9.98. The van der Waals surface area contributed by atoms with E-state index in [1.54, 1.807) is 6.07 Å². The van der Waals surface area contributed by atoms with Gasteiger partial charge in [0.1, 0.15) is 11.9 Å². The third-order valence-corrected chi connectivity index (χ3v) is 4.25. The first-order chi connectivity index (χ1) is 9.16. The van der Waals surface area contributed by atoms with Crippen molar-refractivity contribution in [3.63, 3.8) is 0 Å². The summed E-state index contributed by atoms with van der Waals surface area (Å²) in [7, 11) is 0. The van der Waals surface area contributed by atoms with Crippen molar-refractivity contribution in [3.05, 3.63) is 63.6 Å². The Bertz CT molecular complexity index is 590. The second kappa shape index (κ2) is 5.04. The molecule has 0 radical (unpaired) electrons. The van der Waals surface area contributed by atoms with Crippen LogP contribution >= 0.6 is 23.2 Å². The lowest BCUT2D eigenvalue weighted by Gasteiger charge is -2.20. The van der Waals surface area contributed by atoms with Crippen LogP contribution in [0.3, 0.4) is 0 Å². The largest absolute Gasteiger partial charge is 0.488 e. The molecule has 0 spiro atoms. The van der Waals surface area contributed by atoms with Crippen molar-refractivity contribution in [2.24, 2.45) is 5.73 Å². The second-order valence-electron chi connectivity index (χ2n) is 4.64. The van der Waals surface area contributed by atoms with Crippen molar-refractivity contribution in [2.75, 3.05) is 0 Å². The minimum atomic E-state index is -0.293. The van der Waals surface area contributed by atoms with Crippen LogP contribution in [-0.4, -0.2) is 6.10 Å². The molecule has 4 heteroatoms. The monoisotopic (exact) mass is 293 g/mol. The number of hydrogen-bond donors (Lipinski definition) is 1. The molecule has 1 heterocycles. The van der Waals surface area contributed by atoms with Gasteiger partial charge < -0.3 is 10.5 Å². The molecule has 0 saturated carbocycles. The Labute approximate surface area is 122 Å². The minimum Gasteiger partial charge on any atom is -0.488 e. The summed E-state index contributed by atoms with van der Waals surface area (Å²) >= 11 is 12.2. The van der Waals surface area contributed by atoms with Crippen LogP contribution < -0.4 is 10.5 Å². The van der Waals surface area contributed by atoms with Crippen molar-refractivity contribution in [2.45, 2.75) is 18.6 Å². The molecule has 0 bridgehead atoms. The number of halogens is 2. The van der Waals surface area contributed by atoms with Crippen LogP contribution in [0.25, 0.3) is 0 Å². The predicted octanol–water partition coefficient (Wildman–Crippen LogP) is 4.00. The summed E-state index contributed by atoms with van der Waals surface area (Å²) in [5.74, 6) is 0.904. The van der Waals surface area contributed by atoms with Crippen LogP contribution in [0.2, 0.25) is 10.0 Å². The van der Waals surface area contributed by atoms with E-state index in [1.165, 1.54) is 5.56 Å². The zero-order valence-electron chi connectivity index (χ0n) is 10.1. The first-order valence-corrected chi connectivity index (χ1v) is 6.86. The van der Waals surface area contributed by atoms with E-state index in [1.807, 2.05) is 30.3 Å². The van der Waals surface area contributed by atoms with Crippen molar-refractivity contribution < 1.29 is 4.74 Å². The zero-order valence-corrected chi connectivity index (χ0v) is 11.7. The number of para-hydroxylation sites is 1. The van der Waals surface area contributed by atoms with Gasteiger partial charge in [-0.25, -0.2) is 0 Å². The number of hydrogen-bond acceptors (Lipinski definition) is 2. The van der Waals surface area contributed by atoms with E-state index >= 15 is 0 Å². The maximum Gasteiger partial charge on any atom is 0.123 e. The first-order valence-electron chi connectivity index (χ1n) is 6.11. The fourth-order valence-electron chi connectivity index (χ4n) is 2.39. The molecule has 1 aliphatic heterocycles. The third kappa shape index (κ3) is 2.32. The Morgan fingerprint density at radius 2 is 1.89 bits per heavy atom. The summed E-state index contributed by atoms with van der Waals surface area (Å²) in [5.41, 5.74) is 8.29. The Kier molecular flexibility index (Phi) is 3.40. The molecule has 0 aromatic heterocycles. The fourth-order valence-corrected chi connectivity index (χ4v) is 2.82. The molecule has 0 saturated heterocycles. The summed E-state index contributed by atoms with van der Waals surface area (Å²) < 4.78 is 5.89. The van der Waals surface area contributed by atoms with Gasteiger partial charge in [-0.15, -0.1) is 0 Å². The topological polar surface area (TPSA) is 35.2 Å². The molecule has 1 aliphatic rings. The molecule has 0 amide bonds. The molecule has 2 atom stereocenters. The highest BCUT2D eigenvalue weighted by molar-refractivity contribution is 6.42. The fraction of sp³-hybridized carbons (Fsp3) is 0.200. The summed E-state index contributed by atoms with van der Waals surface area (Å²) in [6.45, 7) is 0. The maximum atomic E-state index is 6.28. The van der Waals surface area contributed by atoms with E-state index in [9.17, 15) is 0 Å². The van der Waals surface area contributed by atoms with Crippen LogP contribution in [0.15, 0.2) is 42.5 Å². The van der Waals surface area contributed by atoms with Crippen molar-refractivity contribution >= 4 is 23.2 Å². The highest BCUT2D eigenvalue weighted by Gasteiger charge is 2.30. The lowest BCUT2D eigenvalue weighted by Crippen LogP contribution is -2.30. The Balaban J connectivity index is 1.87. The molecular formula is C15H13Cl2NO. The number of ether oxygens (including phenoxy) is 1. The Morgan fingerprint density at radius 1 is 1.11 bits per heavy atom. The standard InChI is InChI=1S/C15H13Cl2NO/c16-11-6-3-5-10(14(11)17)15(18)13-8-9-4-1-2-7-12(9)19-13/h1-7,13,15H,8,18H2. The van der Waals surface area contributed by atoms with Crippen LogP contribution in [-0.2, 0) is 6.42 Å². The third-order valence-electron chi connectivity index (χ3n) is 3.41. The van der Waals surface area contributed by atoms with Gasteiger partial charge in [-0.3, -0.25) is 0 Å². The zero-order chi connectivity index (χ0) is 13.4. The molecule has 19 heavy (non-hydrogen) atoms. The Hall–Kier alpha value is -1.22. The molecule has 2 nitrogen and oxygen atoms in total. The van der Waals surface area contributed by atoms with E-state index in [2.05, 4.69) is 6.07 Å². The molecule has 0 fully saturated rings. The summed E-state index contributed by atoms with van der Waals surface area (Å²) in [4.78, 5) is 0. The van der Waals surface area contributed by atoms with Gasteiger partial charge in [0.05, 0.1) is 16.1 Å². The normalized spacial score (nSPS) is 18.8. The summed E-state index contributed by atoms with van der Waals surface area (Å²) in [6, 6.07) is 13.2. The van der Waals surface area contributed by atoms with Crippen LogP contribution in [0.4, 0.5) is 0 Å². The highest BCUT2D eigenvalue weighted by atomic mass is 35.5. The summed E-state index contributed by atoms with van der Waals surface area (Å²) in [6.07, 6.45) is 0.688. The van der Waals surface area contributed by atoms with E-state index < -0.39 is 0 Å². The molecule has 0 aliphatic carbocycles. The highest BCUT2D eigenvalue weighted by Crippen LogP contribution is 2.36. The molecule has 2 aromatic carbocycles. The van der Waals surface area contributed by atoms with Crippen molar-refractivity contribution in [1.82, 2.24) is 0 Å². The van der Waals surface area contributed by atoms with Crippen molar-refractivity contribution in [3.8, 4) is 5.75 Å². The minimum absolute atomic E-state index is 0.103. The van der Waals surface area contributed by atoms with Gasteiger partial charge in [0.25, 0.3) is 0 Å². The van der Waals surface area contributed by atoms with Crippen molar-refractivity contribution in [1.29, 1.82) is 0 Å². The number of nitrogens with two attached hydrogens (primary N) is 1. The quantitative estimate of drug-likeness (QED) is 0.908. The Morgan fingerprint density at radius 3 is 2.68 bits per heavy atom. The molecule has 2 aromatic rings. The van der Waals surface area contributed by atoms with Gasteiger partial charge in [-0.2, -0.15) is 0 Å². The predicted molar refractivity (Wildman–Crippen MR) is 78.0 cm³/mol. The SMILES string of the molecule is NC(c1cccc(Cl)c1Cl)C1Cc2ccccc2O1. The van der Waals surface area contributed by atoms with Crippen LogP contribution in [0.1, 0.15) is 17.2 Å². The van der Waals surface area contributed by atoms with Gasteiger partial charge in [-0.1, -0.05) is 53.5 Å². The maximum absolute atomic E-state index is 6.28. The van der Waals surface area contributed by atoms with E-state index in [0.717, 1.165) is 17.7 Å². The van der Waals surface area contributed by atoms with Gasteiger partial charge in [0, 0.05) is 6.42 Å². The van der Waals surface area contributed by atoms with Gasteiger partial charge in [-0.05, 0) is 23.3 Å². The van der Waals surface area contributed by atoms with Gasteiger partial charge in [0.2, 0.25) is 0 Å². The average molecular weight is 294 g/mol. The van der Waals surface area contributed by atoms with Crippen LogP contribution in [0.5, 0.6) is 5.75 Å². The number of benzene rings is 2. The molecule has 2 N–H and O–H groups in total. The van der Waals surface area contributed by atoms with Gasteiger partial charge in [0.15, 0.2) is 0 Å². The molecular weight excluding hydrogens is 281 g/mol. The van der Waals surface area contributed by atoms with E-state index in [4.69, 9.17) is 33.7 Å². The molecule has 98 valence electrons. The first kappa shape index (κ1) is 12.8. The molecule has 2 unspecified atom stereocenters. The lowest BCUT2D eigenvalue weighted by molar-refractivity contribution is 0.200. The number of fused-ring (bicyclic) bond motifs is 1. The summed E-state index contributed by atoms with van der Waals surface area (Å²) in [5, 5.41) is 1.03. The average Bonchev–Trinajstić information content (AvgIpc) is 2.85.